The van der Waals surface area contributed by atoms with E-state index in [0.29, 0.717) is 29.9 Å². The van der Waals surface area contributed by atoms with Gasteiger partial charge in [-0.1, -0.05) is 147 Å². The number of carbonyl (C=O) groups excluding carboxylic acids is 4. The van der Waals surface area contributed by atoms with E-state index in [-0.39, 0.29) is 28.4 Å². The van der Waals surface area contributed by atoms with Gasteiger partial charge < -0.3 is 23.7 Å². The van der Waals surface area contributed by atoms with Crippen LogP contribution in [0.2, 0.25) is 0 Å². The summed E-state index contributed by atoms with van der Waals surface area (Å²) >= 11 is 0. The molecule has 9 nitrogen and oxygen atoms in total. The molecule has 0 heterocycles. The Balaban J connectivity index is 1.36. The quantitative estimate of drug-likeness (QED) is 0.0160. The molecule has 63 heavy (non-hydrogen) atoms. The zero-order chi connectivity index (χ0) is 45.1. The van der Waals surface area contributed by atoms with Crippen LogP contribution < -0.4 is 18.9 Å². The first-order valence-corrected chi connectivity index (χ1v) is 22.9. The molecule has 0 aliphatic heterocycles. The highest BCUT2D eigenvalue weighted by Crippen LogP contribution is 2.35. The fourth-order valence-electron chi connectivity index (χ4n) is 7.10. The van der Waals surface area contributed by atoms with Crippen LogP contribution in [0, 0.1) is 0 Å². The van der Waals surface area contributed by atoms with Gasteiger partial charge in [-0.05, 0) is 97.6 Å². The lowest BCUT2D eigenvalue weighted by Crippen LogP contribution is -2.25. The fourth-order valence-corrected chi connectivity index (χ4v) is 7.10. The van der Waals surface area contributed by atoms with Crippen LogP contribution in [0.15, 0.2) is 122 Å². The number of ketones is 1. The summed E-state index contributed by atoms with van der Waals surface area (Å²) in [7, 11) is 0. The highest BCUT2D eigenvalue weighted by molar-refractivity contribution is 5.94. The third-order valence-electron chi connectivity index (χ3n) is 10.7. The normalized spacial score (nSPS) is 11.8. The maximum atomic E-state index is 13.4. The summed E-state index contributed by atoms with van der Waals surface area (Å²) in [5, 5.41) is 0. The predicted molar refractivity (Wildman–Crippen MR) is 249 cm³/mol. The number of hydrogen-bond donors (Lipinski definition) is 0. The van der Waals surface area contributed by atoms with Crippen molar-refractivity contribution in [2.24, 2.45) is 0 Å². The summed E-state index contributed by atoms with van der Waals surface area (Å²) in [6.07, 6.45) is 20.6. The first-order valence-electron chi connectivity index (χ1n) is 22.9. The van der Waals surface area contributed by atoms with Gasteiger partial charge in [-0.25, -0.2) is 14.4 Å². The van der Waals surface area contributed by atoms with Gasteiger partial charge in [-0.2, -0.15) is 0 Å². The van der Waals surface area contributed by atoms with Crippen molar-refractivity contribution in [1.29, 1.82) is 0 Å². The summed E-state index contributed by atoms with van der Waals surface area (Å²) in [5.41, 5.74) is 1.86. The van der Waals surface area contributed by atoms with Crippen molar-refractivity contribution in [3.63, 3.8) is 0 Å². The van der Waals surface area contributed by atoms with Crippen LogP contribution in [0.5, 0.6) is 23.0 Å². The number of benzene rings is 4. The summed E-state index contributed by atoms with van der Waals surface area (Å²) in [4.78, 5) is 51.4. The van der Waals surface area contributed by atoms with E-state index in [1.165, 1.54) is 70.3 Å². The third kappa shape index (κ3) is 18.1. The summed E-state index contributed by atoms with van der Waals surface area (Å²) in [6, 6.07) is 27.1. The molecule has 4 aromatic rings. The zero-order valence-corrected chi connectivity index (χ0v) is 37.4. The minimum absolute atomic E-state index is 0.172. The lowest BCUT2D eigenvalue weighted by molar-refractivity contribution is -0.158. The van der Waals surface area contributed by atoms with E-state index < -0.39 is 30.3 Å². The Hall–Kier alpha value is -5.96. The second-order valence-electron chi connectivity index (χ2n) is 15.8. The number of hydrogen-bond acceptors (Lipinski definition) is 9. The van der Waals surface area contributed by atoms with Crippen LogP contribution in [-0.4, -0.2) is 36.1 Å². The van der Waals surface area contributed by atoms with Crippen LogP contribution in [0.4, 0.5) is 0 Å². The number of carbonyl (C=O) groups is 4. The van der Waals surface area contributed by atoms with Crippen LogP contribution in [0.3, 0.4) is 0 Å². The molecule has 0 amide bonds. The van der Waals surface area contributed by atoms with Crippen LogP contribution in [0.1, 0.15) is 150 Å². The molecule has 0 saturated heterocycles. The van der Waals surface area contributed by atoms with Gasteiger partial charge in [0.05, 0.1) is 11.1 Å². The van der Waals surface area contributed by atoms with Gasteiger partial charge in [-0.15, -0.1) is 0 Å². The van der Waals surface area contributed by atoms with E-state index in [1.807, 2.05) is 30.3 Å². The smallest absolute Gasteiger partial charge is 0.343 e. The molecule has 0 aromatic heterocycles. The molecule has 0 saturated carbocycles. The van der Waals surface area contributed by atoms with Gasteiger partial charge >= 0.3 is 17.9 Å². The first kappa shape index (κ1) is 49.7. The molecule has 2 atom stereocenters. The Labute approximate surface area is 374 Å². The lowest BCUT2D eigenvalue weighted by atomic mass is 10.0. The zero-order valence-electron chi connectivity index (χ0n) is 37.4. The minimum atomic E-state index is -0.785. The molecular formula is C54H66O9. The van der Waals surface area contributed by atoms with E-state index in [2.05, 4.69) is 27.0 Å². The SMILES string of the molecule is C=CC(=O)OC(CCCCCCCCCC)Oc1ccc(C(=O)Oc2ccc(OC(=O)c3ccc(OC(CCCCCCCCCC)C(=O)C=C)cc3)c(-c3ccccc3)c2)cc1. The molecule has 0 aliphatic rings. The van der Waals surface area contributed by atoms with Crippen molar-refractivity contribution < 1.29 is 42.9 Å². The molecule has 0 spiro atoms. The van der Waals surface area contributed by atoms with E-state index in [1.54, 1.807) is 66.7 Å². The highest BCUT2D eigenvalue weighted by atomic mass is 16.7. The molecule has 4 rings (SSSR count). The number of rotatable bonds is 31. The van der Waals surface area contributed by atoms with E-state index in [0.717, 1.165) is 50.2 Å². The average Bonchev–Trinajstić information content (AvgIpc) is 3.31. The van der Waals surface area contributed by atoms with E-state index in [9.17, 15) is 19.2 Å². The fraction of sp³-hybridized carbons (Fsp3) is 0.407. The number of esters is 3. The van der Waals surface area contributed by atoms with Crippen LogP contribution in [-0.2, 0) is 14.3 Å². The average molecular weight is 859 g/mol. The first-order chi connectivity index (χ1) is 30.7. The van der Waals surface area contributed by atoms with Crippen molar-refractivity contribution >= 4 is 23.7 Å². The summed E-state index contributed by atoms with van der Waals surface area (Å²) < 4.78 is 29.2. The standard InChI is InChI=1S/C54H66O9/c1-5-9-11-13-15-17-19-24-28-50(48(55)7-3)59-44-34-30-43(31-35-44)54(58)62-49-39-38-46(40-47(49)41-26-22-21-23-27-41)61-53(57)42-32-36-45(37-33-42)60-52(63-51(56)8-4)29-25-20-18-16-14-12-10-6-2/h7-8,21-23,26-27,30-40,50,52H,3-6,9-20,24-25,28-29H2,1-2H3. The van der Waals surface area contributed by atoms with Gasteiger partial charge in [0.2, 0.25) is 6.29 Å². The minimum Gasteiger partial charge on any atom is -0.482 e. The van der Waals surface area contributed by atoms with Crippen LogP contribution >= 0.6 is 0 Å². The van der Waals surface area contributed by atoms with Gasteiger partial charge in [-0.3, -0.25) is 4.79 Å². The van der Waals surface area contributed by atoms with E-state index >= 15 is 0 Å². The van der Waals surface area contributed by atoms with Gasteiger partial charge in [0.15, 0.2) is 11.9 Å². The Morgan fingerprint density at radius 2 is 1.02 bits per heavy atom. The van der Waals surface area contributed by atoms with Crippen molar-refractivity contribution in [3.8, 4) is 34.1 Å². The summed E-state index contributed by atoms with van der Waals surface area (Å²) in [6.45, 7) is 11.6. The Bertz CT molecular complexity index is 2000. The molecule has 336 valence electrons. The monoisotopic (exact) mass is 858 g/mol. The molecular weight excluding hydrogens is 793 g/mol. The van der Waals surface area contributed by atoms with Crippen molar-refractivity contribution in [1.82, 2.24) is 0 Å². The molecule has 0 fully saturated rings. The van der Waals surface area contributed by atoms with Gasteiger partial charge in [0.1, 0.15) is 23.0 Å². The van der Waals surface area contributed by atoms with Crippen molar-refractivity contribution in [3.05, 3.63) is 133 Å². The Kier molecular flexibility index (Phi) is 22.6. The molecule has 2 unspecified atom stereocenters. The second-order valence-corrected chi connectivity index (χ2v) is 15.8. The third-order valence-corrected chi connectivity index (χ3v) is 10.7. The second kappa shape index (κ2) is 28.6. The molecule has 0 N–H and O–H groups in total. The summed E-state index contributed by atoms with van der Waals surface area (Å²) in [5.74, 6) is -0.503. The maximum absolute atomic E-state index is 13.4. The number of ether oxygens (including phenoxy) is 5. The molecule has 0 aliphatic carbocycles. The van der Waals surface area contributed by atoms with Gasteiger partial charge in [0, 0.05) is 18.1 Å². The Morgan fingerprint density at radius 1 is 0.524 bits per heavy atom. The molecule has 9 heteroatoms. The molecule has 0 radical (unpaired) electrons. The Morgan fingerprint density at radius 3 is 1.56 bits per heavy atom. The van der Waals surface area contributed by atoms with Crippen molar-refractivity contribution in [2.75, 3.05) is 0 Å². The van der Waals surface area contributed by atoms with Gasteiger partial charge in [0.25, 0.3) is 0 Å². The topological polar surface area (TPSA) is 114 Å². The lowest BCUT2D eigenvalue weighted by Gasteiger charge is -2.19. The van der Waals surface area contributed by atoms with Crippen molar-refractivity contribution in [2.45, 2.75) is 142 Å². The highest BCUT2D eigenvalue weighted by Gasteiger charge is 2.20. The molecule has 0 bridgehead atoms. The van der Waals surface area contributed by atoms with Crippen LogP contribution in [0.25, 0.3) is 11.1 Å². The predicted octanol–water partition coefficient (Wildman–Crippen LogP) is 13.8. The molecule has 4 aromatic carbocycles. The largest absolute Gasteiger partial charge is 0.482 e. The van der Waals surface area contributed by atoms with E-state index in [4.69, 9.17) is 23.7 Å². The maximum Gasteiger partial charge on any atom is 0.343 e. The number of unbranched alkanes of at least 4 members (excludes halogenated alkanes) is 14.